The summed E-state index contributed by atoms with van der Waals surface area (Å²) in [7, 11) is 0. The minimum absolute atomic E-state index is 0.598. The van der Waals surface area contributed by atoms with E-state index in [9.17, 15) is 0 Å². The zero-order chi connectivity index (χ0) is 43.3. The van der Waals surface area contributed by atoms with E-state index in [1.807, 2.05) is 0 Å². The summed E-state index contributed by atoms with van der Waals surface area (Å²) < 4.78 is 7.58. The van der Waals surface area contributed by atoms with Crippen molar-refractivity contribution in [3.05, 3.63) is 258 Å². The van der Waals surface area contributed by atoms with Crippen LogP contribution < -0.4 is 0 Å². The van der Waals surface area contributed by atoms with Gasteiger partial charge in [-0.1, -0.05) is 152 Å². The van der Waals surface area contributed by atoms with Gasteiger partial charge in [-0.3, -0.25) is 0 Å². The Bertz CT molecular complexity index is 4550. The molecule has 67 heavy (non-hydrogen) atoms. The highest BCUT2D eigenvalue weighted by atomic mass is 15.0. The fourth-order valence-corrected chi connectivity index (χ4v) is 14.5. The van der Waals surface area contributed by atoms with Gasteiger partial charge in [0.1, 0.15) is 0 Å². The standard InChI is InChI=1S/C64H37N3/c1-4-18-38(19-5-1)65-53-33-13-11-25-42(53)57-43-26-14-28-46-58(43)51(37-56(57)65)64-49-31-17-35-55-61(49)60-48(30-16-34-54(60)66(55)39-20-6-2-7-21-39)63(46,64)47-29-15-27-44-59(47)50(64)36-45-41-24-10-12-32-52(41)67(62(44)45)40-22-8-3-9-23-40/h1-37H. The van der Waals surface area contributed by atoms with Crippen molar-refractivity contribution in [2.45, 2.75) is 10.8 Å². The molecule has 11 aromatic carbocycles. The molecular weight excluding hydrogens is 811 g/mol. The lowest BCUT2D eigenvalue weighted by molar-refractivity contribution is 0.469. The average molecular weight is 848 g/mol. The van der Waals surface area contributed by atoms with Gasteiger partial charge in [-0.25, -0.2) is 0 Å². The van der Waals surface area contributed by atoms with E-state index in [1.54, 1.807) is 0 Å². The minimum Gasteiger partial charge on any atom is -0.309 e. The summed E-state index contributed by atoms with van der Waals surface area (Å²) in [6.45, 7) is 0. The molecular formula is C64H37N3. The Morgan fingerprint density at radius 2 is 0.627 bits per heavy atom. The number of hydrogen-bond donors (Lipinski definition) is 0. The Morgan fingerprint density at radius 1 is 0.224 bits per heavy atom. The molecule has 0 spiro atoms. The molecule has 3 heteroatoms. The second kappa shape index (κ2) is 11.8. The maximum atomic E-state index is 2.65. The second-order valence-corrected chi connectivity index (χ2v) is 19.0. The van der Waals surface area contributed by atoms with Crippen LogP contribution in [0, 0.1) is 0 Å². The van der Waals surface area contributed by atoms with Crippen LogP contribution in [0.1, 0.15) is 33.4 Å². The normalized spacial score (nSPS) is 17.7. The molecule has 3 aromatic heterocycles. The Morgan fingerprint density at radius 3 is 1.24 bits per heavy atom. The Kier molecular flexibility index (Phi) is 6.10. The van der Waals surface area contributed by atoms with Gasteiger partial charge in [0, 0.05) is 54.8 Å². The van der Waals surface area contributed by atoms with E-state index in [2.05, 4.69) is 238 Å². The van der Waals surface area contributed by atoms with E-state index in [0.717, 1.165) is 0 Å². The fraction of sp³-hybridized carbons (Fsp3) is 0.0312. The number of aromatic nitrogens is 3. The van der Waals surface area contributed by atoms with E-state index in [0.29, 0.717) is 0 Å². The van der Waals surface area contributed by atoms with Crippen molar-refractivity contribution in [1.29, 1.82) is 0 Å². The van der Waals surface area contributed by atoms with Crippen molar-refractivity contribution < 1.29 is 0 Å². The van der Waals surface area contributed by atoms with Gasteiger partial charge in [0.15, 0.2) is 0 Å². The van der Waals surface area contributed by atoms with Gasteiger partial charge in [-0.15, -0.1) is 0 Å². The molecule has 0 fully saturated rings. The van der Waals surface area contributed by atoms with Crippen LogP contribution in [0.2, 0.25) is 0 Å². The predicted molar refractivity (Wildman–Crippen MR) is 277 cm³/mol. The number of fused-ring (bicyclic) bond motifs is 8. The van der Waals surface area contributed by atoms with Crippen LogP contribution in [0.15, 0.2) is 224 Å². The first-order valence-corrected chi connectivity index (χ1v) is 23.5. The zero-order valence-electron chi connectivity index (χ0n) is 36.2. The summed E-state index contributed by atoms with van der Waals surface area (Å²) in [4.78, 5) is 0. The van der Waals surface area contributed by atoms with Crippen molar-refractivity contribution >= 4 is 87.0 Å². The van der Waals surface area contributed by atoms with Crippen LogP contribution in [0.5, 0.6) is 0 Å². The van der Waals surface area contributed by atoms with E-state index < -0.39 is 10.8 Å². The molecule has 0 aliphatic heterocycles. The molecule has 2 unspecified atom stereocenters. The first-order chi connectivity index (χ1) is 33.3. The lowest BCUT2D eigenvalue weighted by Crippen LogP contribution is -2.47. The summed E-state index contributed by atoms with van der Waals surface area (Å²) in [5.74, 6) is 0. The van der Waals surface area contributed by atoms with Crippen LogP contribution in [0.25, 0.3) is 104 Å². The maximum absolute atomic E-state index is 2.65. The third-order valence-corrected chi connectivity index (χ3v) is 16.4. The van der Waals surface area contributed by atoms with Gasteiger partial charge >= 0.3 is 0 Å². The fourth-order valence-electron chi connectivity index (χ4n) is 14.5. The molecule has 0 saturated carbocycles. The maximum Gasteiger partial charge on any atom is 0.0649 e. The van der Waals surface area contributed by atoms with E-state index >= 15 is 0 Å². The second-order valence-electron chi connectivity index (χ2n) is 19.0. The smallest absolute Gasteiger partial charge is 0.0649 e. The zero-order valence-corrected chi connectivity index (χ0v) is 36.2. The molecule has 308 valence electrons. The Labute approximate surface area is 384 Å². The first kappa shape index (κ1) is 34.7. The molecule has 14 aromatic rings. The van der Waals surface area contributed by atoms with E-state index in [-0.39, 0.29) is 0 Å². The van der Waals surface area contributed by atoms with Crippen LogP contribution in [0.3, 0.4) is 0 Å². The largest absolute Gasteiger partial charge is 0.309 e. The molecule has 0 saturated heterocycles. The van der Waals surface area contributed by atoms with Crippen LogP contribution in [0.4, 0.5) is 0 Å². The quantitative estimate of drug-likeness (QED) is 0.168. The molecule has 2 atom stereocenters. The molecule has 17 rings (SSSR count). The van der Waals surface area contributed by atoms with Gasteiger partial charge in [0.05, 0.1) is 43.9 Å². The van der Waals surface area contributed by atoms with Crippen molar-refractivity contribution in [2.24, 2.45) is 0 Å². The highest BCUT2D eigenvalue weighted by molar-refractivity contribution is 6.29. The van der Waals surface area contributed by atoms with Crippen LogP contribution in [-0.4, -0.2) is 13.7 Å². The average Bonchev–Trinajstić information content (AvgIpc) is 4.16. The number of nitrogens with zero attached hydrogens (tertiary/aromatic N) is 3. The van der Waals surface area contributed by atoms with Gasteiger partial charge in [-0.2, -0.15) is 0 Å². The molecule has 0 amide bonds. The van der Waals surface area contributed by atoms with Gasteiger partial charge in [-0.05, 0) is 122 Å². The molecule has 0 bridgehead atoms. The molecule has 3 aliphatic rings. The van der Waals surface area contributed by atoms with Crippen molar-refractivity contribution in [3.8, 4) is 17.1 Å². The highest BCUT2D eigenvalue weighted by Gasteiger charge is 2.69. The van der Waals surface area contributed by atoms with Crippen LogP contribution in [-0.2, 0) is 10.8 Å². The number of benzene rings is 11. The summed E-state index contributed by atoms with van der Waals surface area (Å²) >= 11 is 0. The van der Waals surface area contributed by atoms with Crippen molar-refractivity contribution in [1.82, 2.24) is 13.7 Å². The minimum atomic E-state index is -0.642. The SMILES string of the molecule is c1ccc(-n2c3cccc4c3c3c(cccc32)C23c5cc6c(c7cccc(c57)C42c2cccc4c2c3cc2c3ccccc3n(-c3ccccc3)c42)c2ccccc2n6-c2ccccc2)cc1. The van der Waals surface area contributed by atoms with Crippen molar-refractivity contribution in [3.63, 3.8) is 0 Å². The van der Waals surface area contributed by atoms with Crippen LogP contribution >= 0.6 is 0 Å². The monoisotopic (exact) mass is 847 g/mol. The molecule has 3 nitrogen and oxygen atoms in total. The van der Waals surface area contributed by atoms with Gasteiger partial charge in [0.25, 0.3) is 0 Å². The first-order valence-electron chi connectivity index (χ1n) is 23.5. The molecule has 0 radical (unpaired) electrons. The summed E-state index contributed by atoms with van der Waals surface area (Å²) in [6, 6.07) is 85.3. The number of para-hydroxylation sites is 5. The molecule has 3 heterocycles. The van der Waals surface area contributed by atoms with Gasteiger partial charge in [0.2, 0.25) is 0 Å². The summed E-state index contributed by atoms with van der Waals surface area (Å²) in [5.41, 5.74) is 18.1. The predicted octanol–water partition coefficient (Wildman–Crippen LogP) is 15.6. The lowest BCUT2D eigenvalue weighted by atomic mass is 9.51. The topological polar surface area (TPSA) is 14.8 Å². The summed E-state index contributed by atoms with van der Waals surface area (Å²) in [6.07, 6.45) is 0. The Balaban J connectivity index is 1.16. The lowest BCUT2D eigenvalue weighted by Gasteiger charge is -2.48. The third-order valence-electron chi connectivity index (χ3n) is 16.4. The van der Waals surface area contributed by atoms with E-state index in [4.69, 9.17) is 0 Å². The highest BCUT2D eigenvalue weighted by Crippen LogP contribution is 2.75. The van der Waals surface area contributed by atoms with Crippen molar-refractivity contribution in [2.75, 3.05) is 0 Å². The molecule has 0 N–H and O–H groups in total. The summed E-state index contributed by atoms with van der Waals surface area (Å²) in [5, 5.41) is 13.2. The third kappa shape index (κ3) is 3.68. The number of hydrogen-bond acceptors (Lipinski definition) is 0. The number of rotatable bonds is 3. The van der Waals surface area contributed by atoms with Gasteiger partial charge < -0.3 is 13.7 Å². The Hall–Kier alpha value is -8.66. The molecule has 3 aliphatic carbocycles. The van der Waals surface area contributed by atoms with E-state index in [1.165, 1.54) is 137 Å².